The number of likely N-dealkylation sites (N-methyl/N-ethyl adjacent to an activating group) is 1. The first-order chi connectivity index (χ1) is 38.7. The third-order valence-electron chi connectivity index (χ3n) is 12.1. The van der Waals surface area contributed by atoms with Gasteiger partial charge in [-0.3, -0.25) is 24.0 Å². The molecule has 438 valence electrons. The fourth-order valence-electron chi connectivity index (χ4n) is 8.12. The molecule has 80 heavy (non-hydrogen) atoms. The Labute approximate surface area is 479 Å². The minimum absolute atomic E-state index is 0.0378. The summed E-state index contributed by atoms with van der Waals surface area (Å²) in [4.78, 5) is 75.3. The number of ketones is 2. The summed E-state index contributed by atoms with van der Waals surface area (Å²) in [7, 11) is 1.71. The van der Waals surface area contributed by atoms with Crippen LogP contribution in [0.3, 0.4) is 0 Å². The van der Waals surface area contributed by atoms with Crippen LogP contribution in [0.5, 0.6) is 0 Å². The second kappa shape index (κ2) is 39.6. The average molecular weight is 1120 g/mol. The van der Waals surface area contributed by atoms with Gasteiger partial charge in [0.2, 0.25) is 11.8 Å². The summed E-state index contributed by atoms with van der Waals surface area (Å²) in [6.07, 6.45) is 8.09. The topological polar surface area (TPSA) is 234 Å². The number of unbranched alkanes of at least 4 members (excludes halogenated alkanes) is 2. The number of benzene rings is 3. The van der Waals surface area contributed by atoms with Crippen LogP contribution in [-0.4, -0.2) is 113 Å². The fourth-order valence-corrected chi connectivity index (χ4v) is 8.98. The largest absolute Gasteiger partial charge is 0.396 e. The van der Waals surface area contributed by atoms with E-state index in [-0.39, 0.29) is 61.1 Å². The van der Waals surface area contributed by atoms with E-state index >= 15 is 0 Å². The van der Waals surface area contributed by atoms with Gasteiger partial charge < -0.3 is 55.3 Å². The van der Waals surface area contributed by atoms with Gasteiger partial charge in [-0.1, -0.05) is 129 Å². The number of hydrogen-bond donors (Lipinski definition) is 5. The predicted molar refractivity (Wildman–Crippen MR) is 325 cm³/mol. The lowest BCUT2D eigenvalue weighted by Crippen LogP contribution is -2.43. The van der Waals surface area contributed by atoms with Gasteiger partial charge in [0.25, 0.3) is 5.91 Å². The highest BCUT2D eigenvalue weighted by atomic mass is 32.1. The number of rotatable bonds is 32. The van der Waals surface area contributed by atoms with Crippen molar-refractivity contribution in [2.45, 2.75) is 113 Å². The van der Waals surface area contributed by atoms with Gasteiger partial charge in [-0.15, -0.1) is 11.3 Å². The summed E-state index contributed by atoms with van der Waals surface area (Å²) in [5.74, 6) is 5.94. The number of ether oxygens (including phenoxy) is 4. The highest BCUT2D eigenvalue weighted by molar-refractivity contribution is 7.20. The van der Waals surface area contributed by atoms with E-state index in [1.165, 1.54) is 24.3 Å². The monoisotopic (exact) mass is 1120 g/mol. The van der Waals surface area contributed by atoms with Crippen molar-refractivity contribution >= 4 is 79.8 Å². The zero-order chi connectivity index (χ0) is 59.4. The van der Waals surface area contributed by atoms with E-state index in [0.29, 0.717) is 110 Å². The molecule has 2 heterocycles. The summed E-state index contributed by atoms with van der Waals surface area (Å²) in [6, 6.07) is 22.1. The molecule has 0 saturated carbocycles. The van der Waals surface area contributed by atoms with Crippen LogP contribution in [0.15, 0.2) is 109 Å². The third-order valence-corrected chi connectivity index (χ3v) is 13.2. The Morgan fingerprint density at radius 2 is 1.40 bits per heavy atom. The van der Waals surface area contributed by atoms with E-state index in [2.05, 4.69) is 36.0 Å². The molecule has 0 fully saturated rings. The SMILES string of the molecule is C=C/C(NC)=C(\C=C)C(=O)NC(CCCCC)C(=O)C(C)C.CC.CC.CC(=O)CCC(=O)N1Cc2ccccc2/C(N(N)CCOCCOCCOCCOCCC(=O)Nc2ccc3sc(C=O)cc3c2)=C(/N)c2ccccc21. The number of fused-ring (bicyclic) bond motifs is 3. The van der Waals surface area contributed by atoms with Gasteiger partial charge in [-0.2, -0.15) is 0 Å². The summed E-state index contributed by atoms with van der Waals surface area (Å²) in [5.41, 5.74) is 12.6. The Hall–Kier alpha value is -6.80. The second-order valence-electron chi connectivity index (χ2n) is 18.1. The number of nitrogens with one attached hydrogen (secondary N) is 3. The number of hydrogen-bond acceptors (Lipinski definition) is 15. The molecular formula is C62H89N7O10S. The number of amides is 3. The van der Waals surface area contributed by atoms with Crippen molar-refractivity contribution in [1.29, 1.82) is 0 Å². The van der Waals surface area contributed by atoms with E-state index < -0.39 is 6.04 Å². The zero-order valence-electron chi connectivity index (χ0n) is 48.8. The number of allylic oxidation sites excluding steroid dienone is 1. The number of carbonyl (C=O) groups is 6. The van der Waals surface area contributed by atoms with Crippen LogP contribution in [-0.2, 0) is 49.5 Å². The maximum Gasteiger partial charge on any atom is 0.253 e. The summed E-state index contributed by atoms with van der Waals surface area (Å²) < 4.78 is 23.5. The van der Waals surface area contributed by atoms with Crippen LogP contribution >= 0.6 is 11.3 Å². The number of thiophene rings is 1. The summed E-state index contributed by atoms with van der Waals surface area (Å²) in [5, 5.41) is 11.1. The molecule has 17 nitrogen and oxygen atoms in total. The lowest BCUT2D eigenvalue weighted by atomic mass is 9.95. The molecule has 0 saturated heterocycles. The molecule has 5 rings (SSSR count). The van der Waals surface area contributed by atoms with Crippen molar-refractivity contribution in [2.75, 3.05) is 76.7 Å². The van der Waals surface area contributed by atoms with Gasteiger partial charge in [0.15, 0.2) is 12.1 Å². The van der Waals surface area contributed by atoms with Gasteiger partial charge in [0.05, 0.1) is 106 Å². The van der Waals surface area contributed by atoms with Crippen molar-refractivity contribution in [2.24, 2.45) is 17.5 Å². The highest BCUT2D eigenvalue weighted by Crippen LogP contribution is 2.37. The number of nitrogens with zero attached hydrogens (tertiary/aromatic N) is 2. The van der Waals surface area contributed by atoms with Gasteiger partial charge in [-0.25, -0.2) is 5.84 Å². The van der Waals surface area contributed by atoms with Gasteiger partial charge >= 0.3 is 0 Å². The number of aldehydes is 1. The van der Waals surface area contributed by atoms with Gasteiger partial charge in [0.1, 0.15) is 5.78 Å². The zero-order valence-corrected chi connectivity index (χ0v) is 49.6. The smallest absolute Gasteiger partial charge is 0.253 e. The molecule has 1 atom stereocenters. The third kappa shape index (κ3) is 23.1. The van der Waals surface area contributed by atoms with Crippen LogP contribution in [0.25, 0.3) is 21.5 Å². The molecule has 1 aliphatic heterocycles. The molecule has 1 aromatic heterocycles. The molecule has 0 bridgehead atoms. The number of anilines is 2. The number of carbonyl (C=O) groups excluding carboxylic acids is 6. The predicted octanol–water partition coefficient (Wildman–Crippen LogP) is 10.2. The molecule has 18 heteroatoms. The first kappa shape index (κ1) is 69.3. The first-order valence-corrected chi connectivity index (χ1v) is 28.6. The van der Waals surface area contributed by atoms with E-state index in [9.17, 15) is 28.8 Å². The minimum atomic E-state index is -0.447. The lowest BCUT2D eigenvalue weighted by Gasteiger charge is -2.33. The molecule has 0 spiro atoms. The van der Waals surface area contributed by atoms with Crippen LogP contribution in [0.2, 0.25) is 0 Å². The quantitative estimate of drug-likeness (QED) is 0.00765. The molecular weight excluding hydrogens is 1030 g/mol. The number of para-hydroxylation sites is 1. The number of nitrogens with two attached hydrogens (primary N) is 2. The minimum Gasteiger partial charge on any atom is -0.396 e. The van der Waals surface area contributed by atoms with Crippen molar-refractivity contribution in [3.63, 3.8) is 0 Å². The van der Waals surface area contributed by atoms with Gasteiger partial charge in [-0.05, 0) is 60.7 Å². The molecule has 0 aliphatic carbocycles. The van der Waals surface area contributed by atoms with E-state index in [1.807, 2.05) is 108 Å². The van der Waals surface area contributed by atoms with Crippen LogP contribution < -0.4 is 32.4 Å². The van der Waals surface area contributed by atoms with E-state index in [1.54, 1.807) is 29.1 Å². The number of hydrazine groups is 1. The second-order valence-corrected chi connectivity index (χ2v) is 19.3. The van der Waals surface area contributed by atoms with Crippen molar-refractivity contribution < 1.29 is 47.7 Å². The Morgan fingerprint density at radius 1 is 0.787 bits per heavy atom. The van der Waals surface area contributed by atoms with Crippen molar-refractivity contribution in [3.8, 4) is 0 Å². The lowest BCUT2D eigenvalue weighted by molar-refractivity contribution is -0.128. The van der Waals surface area contributed by atoms with E-state index in [4.69, 9.17) is 30.5 Å². The molecule has 0 radical (unpaired) electrons. The summed E-state index contributed by atoms with van der Waals surface area (Å²) in [6.45, 7) is 26.2. The Balaban J connectivity index is 0.000000707. The molecule has 1 aliphatic rings. The molecule has 3 amide bonds. The fraction of sp³-hybridized carbons (Fsp3) is 0.452. The highest BCUT2D eigenvalue weighted by Gasteiger charge is 2.28. The molecule has 4 aromatic rings. The van der Waals surface area contributed by atoms with Crippen molar-refractivity contribution in [3.05, 3.63) is 131 Å². The van der Waals surface area contributed by atoms with Gasteiger partial charge in [0, 0.05) is 53.0 Å². The van der Waals surface area contributed by atoms with Crippen LogP contribution in [0.1, 0.15) is 127 Å². The van der Waals surface area contributed by atoms with Crippen LogP contribution in [0, 0.1) is 5.92 Å². The Bertz CT molecular complexity index is 2660. The maximum atomic E-state index is 13.3. The van der Waals surface area contributed by atoms with Crippen molar-refractivity contribution in [1.82, 2.24) is 15.6 Å². The van der Waals surface area contributed by atoms with E-state index in [0.717, 1.165) is 46.8 Å². The standard InChI is InChI=1S/C40H47N5O8S.C18H30N2O2.2C2H6/c1-28(47)10-13-38(49)44-26-29-6-2-3-7-33(29)40(39(41)34-8-4-5-9-35(34)44)45(42)15-17-51-19-21-53-23-22-52-20-18-50-16-14-37(48)43-31-11-12-36-30(24-31)25-32(27-46)54-36;1-7-10-11-12-16(17(21)13(4)5)20-18(22)14(8-2)15(9-3)19-6;2*1-2/h2-9,11-12,24-25,27H,10,13-23,26,41-42H2,1H3,(H,43,48);8-9,13,16,19H,2-3,7,10-12H2,1,4-6H3,(H,20,22);2*1-2H3/b40-39-;15-14-;;. The summed E-state index contributed by atoms with van der Waals surface area (Å²) >= 11 is 1.41. The normalized spacial score (nSPS) is 13.1. The Morgan fingerprint density at radius 3 is 1.99 bits per heavy atom. The maximum absolute atomic E-state index is 13.3. The molecule has 1 unspecified atom stereocenters. The number of Topliss-reactive ketones (excluding diaryl/α,β-unsaturated/α-hetero) is 2. The Kier molecular flexibility index (Phi) is 34.3. The van der Waals surface area contributed by atoms with Crippen LogP contribution in [0.4, 0.5) is 11.4 Å². The average Bonchev–Trinajstić information content (AvgIpc) is 4.02. The first-order valence-electron chi connectivity index (χ1n) is 27.8. The molecule has 3 aromatic carbocycles. The molecule has 7 N–H and O–H groups in total.